The smallest absolute Gasteiger partial charge is 0.165 e. The van der Waals surface area contributed by atoms with Gasteiger partial charge in [-0.25, -0.2) is 4.39 Å². The van der Waals surface area contributed by atoms with Crippen molar-refractivity contribution in [1.29, 1.82) is 0 Å². The molecular weight excluding hydrogens is 265 g/mol. The molecule has 0 bridgehead atoms. The molecular formula is C18H30FNO. The average molecular weight is 295 g/mol. The summed E-state index contributed by atoms with van der Waals surface area (Å²) in [6, 6.07) is 5.51. The molecule has 1 aromatic carbocycles. The summed E-state index contributed by atoms with van der Waals surface area (Å²) in [6.45, 7) is 7.61. The highest BCUT2D eigenvalue weighted by molar-refractivity contribution is 5.34. The van der Waals surface area contributed by atoms with Crippen LogP contribution in [-0.2, 0) is 6.54 Å². The molecule has 21 heavy (non-hydrogen) atoms. The first-order valence-corrected chi connectivity index (χ1v) is 8.28. The van der Waals surface area contributed by atoms with Gasteiger partial charge in [-0.15, -0.1) is 0 Å². The maximum atomic E-state index is 13.9. The van der Waals surface area contributed by atoms with Crippen molar-refractivity contribution in [3.8, 4) is 5.75 Å². The first-order chi connectivity index (χ1) is 10.1. The number of para-hydroxylation sites is 1. The van der Waals surface area contributed by atoms with Crippen molar-refractivity contribution in [2.24, 2.45) is 0 Å². The third kappa shape index (κ3) is 7.47. The van der Waals surface area contributed by atoms with E-state index in [0.29, 0.717) is 24.9 Å². The van der Waals surface area contributed by atoms with Crippen molar-refractivity contribution in [1.82, 2.24) is 5.32 Å². The Bertz CT molecular complexity index is 393. The van der Waals surface area contributed by atoms with Gasteiger partial charge >= 0.3 is 0 Å². The van der Waals surface area contributed by atoms with Crippen molar-refractivity contribution in [3.05, 3.63) is 29.6 Å². The second kappa shape index (κ2) is 10.6. The molecule has 0 aromatic heterocycles. The largest absolute Gasteiger partial charge is 0.490 e. The topological polar surface area (TPSA) is 21.3 Å². The number of nitrogens with one attached hydrogen (secondary N) is 1. The first-order valence-electron chi connectivity index (χ1n) is 8.28. The van der Waals surface area contributed by atoms with Gasteiger partial charge in [-0.2, -0.15) is 0 Å². The SMILES string of the molecule is CCCCCCCCOc1c(F)cccc1CNC(C)C. The number of benzene rings is 1. The molecule has 0 aliphatic rings. The van der Waals surface area contributed by atoms with Crippen LogP contribution in [0.4, 0.5) is 4.39 Å². The minimum atomic E-state index is -0.260. The average Bonchev–Trinajstić information content (AvgIpc) is 2.46. The lowest BCUT2D eigenvalue weighted by molar-refractivity contribution is 0.286. The van der Waals surface area contributed by atoms with Gasteiger partial charge in [0.1, 0.15) is 0 Å². The lowest BCUT2D eigenvalue weighted by Crippen LogP contribution is -2.22. The summed E-state index contributed by atoms with van der Waals surface area (Å²) in [7, 11) is 0. The van der Waals surface area contributed by atoms with Crippen LogP contribution in [0, 0.1) is 5.82 Å². The number of ether oxygens (including phenoxy) is 1. The molecule has 0 fully saturated rings. The van der Waals surface area contributed by atoms with Gasteiger partial charge in [0.25, 0.3) is 0 Å². The number of halogens is 1. The lowest BCUT2D eigenvalue weighted by atomic mass is 10.1. The third-order valence-corrected chi connectivity index (χ3v) is 3.49. The zero-order valence-corrected chi connectivity index (χ0v) is 13.8. The molecule has 120 valence electrons. The Morgan fingerprint density at radius 1 is 1.10 bits per heavy atom. The van der Waals surface area contributed by atoms with Crippen molar-refractivity contribution >= 4 is 0 Å². The van der Waals surface area contributed by atoms with E-state index < -0.39 is 0 Å². The van der Waals surface area contributed by atoms with E-state index in [4.69, 9.17) is 4.74 Å². The summed E-state index contributed by atoms with van der Waals surface area (Å²) in [5, 5.41) is 3.31. The second-order valence-corrected chi connectivity index (χ2v) is 5.88. The molecule has 0 radical (unpaired) electrons. The quantitative estimate of drug-likeness (QED) is 0.576. The Balaban J connectivity index is 2.38. The van der Waals surface area contributed by atoms with Crippen molar-refractivity contribution in [2.75, 3.05) is 6.61 Å². The van der Waals surface area contributed by atoms with Crippen LogP contribution in [0.25, 0.3) is 0 Å². The van der Waals surface area contributed by atoms with Crippen LogP contribution < -0.4 is 10.1 Å². The molecule has 0 atom stereocenters. The van der Waals surface area contributed by atoms with Crippen LogP contribution in [0.2, 0.25) is 0 Å². The molecule has 0 saturated heterocycles. The lowest BCUT2D eigenvalue weighted by Gasteiger charge is -2.14. The van der Waals surface area contributed by atoms with Gasteiger partial charge in [0, 0.05) is 18.2 Å². The van der Waals surface area contributed by atoms with Crippen LogP contribution in [0.5, 0.6) is 5.75 Å². The zero-order valence-electron chi connectivity index (χ0n) is 13.8. The van der Waals surface area contributed by atoms with Crippen LogP contribution in [0.1, 0.15) is 64.9 Å². The summed E-state index contributed by atoms with van der Waals surface area (Å²) in [6.07, 6.45) is 7.26. The van der Waals surface area contributed by atoms with Crippen molar-refractivity contribution < 1.29 is 9.13 Å². The third-order valence-electron chi connectivity index (χ3n) is 3.49. The number of hydrogen-bond donors (Lipinski definition) is 1. The summed E-state index contributed by atoms with van der Waals surface area (Å²) in [5.74, 6) is 0.156. The fraction of sp³-hybridized carbons (Fsp3) is 0.667. The molecule has 1 N–H and O–H groups in total. The molecule has 0 heterocycles. The summed E-state index contributed by atoms with van der Waals surface area (Å²) in [5.41, 5.74) is 0.898. The number of hydrogen-bond acceptors (Lipinski definition) is 2. The predicted octanol–water partition coefficient (Wildman–Crippen LogP) is 5.06. The van der Waals surface area contributed by atoms with E-state index >= 15 is 0 Å². The van der Waals surface area contributed by atoms with Gasteiger partial charge in [-0.05, 0) is 12.5 Å². The zero-order chi connectivity index (χ0) is 15.5. The standard InChI is InChI=1S/C18H30FNO/c1-4-5-6-7-8-9-13-21-18-16(14-20-15(2)3)11-10-12-17(18)19/h10-12,15,20H,4-9,13-14H2,1-3H3. The molecule has 0 spiro atoms. The molecule has 2 nitrogen and oxygen atoms in total. The van der Waals surface area contributed by atoms with Crippen LogP contribution >= 0.6 is 0 Å². The van der Waals surface area contributed by atoms with Gasteiger partial charge < -0.3 is 10.1 Å². The molecule has 3 heteroatoms. The molecule has 1 aromatic rings. The second-order valence-electron chi connectivity index (χ2n) is 5.88. The van der Waals surface area contributed by atoms with Crippen molar-refractivity contribution in [3.63, 3.8) is 0 Å². The highest BCUT2D eigenvalue weighted by Gasteiger charge is 2.10. The van der Waals surface area contributed by atoms with E-state index in [1.54, 1.807) is 6.07 Å². The van der Waals surface area contributed by atoms with E-state index in [1.165, 1.54) is 31.7 Å². The highest BCUT2D eigenvalue weighted by Crippen LogP contribution is 2.23. The Labute approximate surface area is 129 Å². The highest BCUT2D eigenvalue weighted by atomic mass is 19.1. The Kier molecular flexibility index (Phi) is 9.07. The monoisotopic (exact) mass is 295 g/mol. The molecule has 0 unspecified atom stereocenters. The van der Waals surface area contributed by atoms with Crippen LogP contribution in [-0.4, -0.2) is 12.6 Å². The van der Waals surface area contributed by atoms with Gasteiger partial charge in [0.2, 0.25) is 0 Å². The summed E-state index contributed by atoms with van der Waals surface area (Å²) < 4.78 is 19.6. The fourth-order valence-corrected chi connectivity index (χ4v) is 2.23. The van der Waals surface area contributed by atoms with Crippen molar-refractivity contribution in [2.45, 2.75) is 71.9 Å². The van der Waals surface area contributed by atoms with Gasteiger partial charge in [-0.3, -0.25) is 0 Å². The molecule has 0 aliphatic carbocycles. The Morgan fingerprint density at radius 3 is 2.52 bits per heavy atom. The van der Waals surface area contributed by atoms with Gasteiger partial charge in [0.05, 0.1) is 6.61 Å². The first kappa shape index (κ1) is 18.0. The Morgan fingerprint density at radius 2 is 1.81 bits per heavy atom. The summed E-state index contributed by atoms with van der Waals surface area (Å²) >= 11 is 0. The fourth-order valence-electron chi connectivity index (χ4n) is 2.23. The van der Waals surface area contributed by atoms with Crippen LogP contribution in [0.15, 0.2) is 18.2 Å². The van der Waals surface area contributed by atoms with E-state index in [9.17, 15) is 4.39 Å². The van der Waals surface area contributed by atoms with Gasteiger partial charge in [-0.1, -0.05) is 65.0 Å². The van der Waals surface area contributed by atoms with Crippen LogP contribution in [0.3, 0.4) is 0 Å². The minimum Gasteiger partial charge on any atom is -0.490 e. The van der Waals surface area contributed by atoms with E-state index in [1.807, 2.05) is 6.07 Å². The van der Waals surface area contributed by atoms with E-state index in [2.05, 4.69) is 26.1 Å². The van der Waals surface area contributed by atoms with Gasteiger partial charge in [0.15, 0.2) is 11.6 Å². The normalized spacial score (nSPS) is 11.1. The number of rotatable bonds is 11. The molecule has 0 saturated carbocycles. The van der Waals surface area contributed by atoms with E-state index in [0.717, 1.165) is 18.4 Å². The summed E-state index contributed by atoms with van der Waals surface area (Å²) in [4.78, 5) is 0. The number of unbranched alkanes of at least 4 members (excludes halogenated alkanes) is 5. The Hall–Kier alpha value is -1.09. The molecule has 1 rings (SSSR count). The maximum absolute atomic E-state index is 13.9. The molecule has 0 amide bonds. The minimum absolute atomic E-state index is 0.260. The van der Waals surface area contributed by atoms with E-state index in [-0.39, 0.29) is 5.82 Å². The predicted molar refractivity (Wildman–Crippen MR) is 87.2 cm³/mol. The molecule has 0 aliphatic heterocycles. The maximum Gasteiger partial charge on any atom is 0.165 e.